The average molecular weight is 280 g/mol. The number of esters is 1. The highest BCUT2D eigenvalue weighted by atomic mass is 16.6. The first-order valence-corrected chi connectivity index (χ1v) is 7.94. The van der Waals surface area contributed by atoms with E-state index in [1.807, 2.05) is 13.8 Å². The number of rotatable bonds is 5. The molecule has 0 spiro atoms. The first kappa shape index (κ1) is 17.3. The lowest BCUT2D eigenvalue weighted by Crippen LogP contribution is -2.41. The molecule has 0 aromatic carbocycles. The summed E-state index contributed by atoms with van der Waals surface area (Å²) in [6.07, 6.45) is 6.05. The second-order valence-electron chi connectivity index (χ2n) is 7.98. The van der Waals surface area contributed by atoms with Crippen LogP contribution in [0.15, 0.2) is 12.2 Å². The minimum Gasteiger partial charge on any atom is -0.458 e. The number of hydrogen-bond acceptors (Lipinski definition) is 2. The molecule has 0 aliphatic heterocycles. The van der Waals surface area contributed by atoms with Crippen molar-refractivity contribution in [3.05, 3.63) is 12.2 Å². The Morgan fingerprint density at radius 1 is 1.20 bits per heavy atom. The standard InChI is InChI=1S/C18H32O2/c1-8-18(11-9-10-12-18)20-15(19)17(7,14(2)3)13-16(4,5)6/h2,8-13H2,1,3-7H3. The summed E-state index contributed by atoms with van der Waals surface area (Å²) in [6, 6.07) is 0. The third-order valence-corrected chi connectivity index (χ3v) is 4.74. The maximum Gasteiger partial charge on any atom is 0.316 e. The van der Waals surface area contributed by atoms with Crippen molar-refractivity contribution in [2.45, 2.75) is 85.7 Å². The Bertz CT molecular complexity index is 369. The smallest absolute Gasteiger partial charge is 0.316 e. The quantitative estimate of drug-likeness (QED) is 0.506. The van der Waals surface area contributed by atoms with Gasteiger partial charge in [-0.1, -0.05) is 39.8 Å². The maximum atomic E-state index is 12.8. The van der Waals surface area contributed by atoms with Crippen LogP contribution in [-0.4, -0.2) is 11.6 Å². The summed E-state index contributed by atoms with van der Waals surface area (Å²) in [6.45, 7) is 16.6. The molecule has 0 saturated heterocycles. The summed E-state index contributed by atoms with van der Waals surface area (Å²) in [5.74, 6) is -0.0799. The van der Waals surface area contributed by atoms with Gasteiger partial charge in [0.2, 0.25) is 0 Å². The zero-order chi connectivity index (χ0) is 15.6. The van der Waals surface area contributed by atoms with Gasteiger partial charge in [0.15, 0.2) is 0 Å². The molecule has 20 heavy (non-hydrogen) atoms. The summed E-state index contributed by atoms with van der Waals surface area (Å²) in [5, 5.41) is 0. The van der Waals surface area contributed by atoms with E-state index in [-0.39, 0.29) is 17.0 Å². The Kier molecular flexibility index (Phi) is 5.10. The summed E-state index contributed by atoms with van der Waals surface area (Å²) < 4.78 is 6.02. The van der Waals surface area contributed by atoms with Crippen molar-refractivity contribution >= 4 is 5.97 Å². The van der Waals surface area contributed by atoms with E-state index in [4.69, 9.17) is 4.74 Å². The van der Waals surface area contributed by atoms with Gasteiger partial charge in [0.05, 0.1) is 5.41 Å². The van der Waals surface area contributed by atoms with Crippen molar-refractivity contribution in [2.75, 3.05) is 0 Å². The first-order chi connectivity index (χ1) is 9.05. The molecule has 1 rings (SSSR count). The molecule has 116 valence electrons. The van der Waals surface area contributed by atoms with E-state index in [1.54, 1.807) is 0 Å². The molecule has 1 fully saturated rings. The second kappa shape index (κ2) is 5.91. The number of ether oxygens (including phenoxy) is 1. The van der Waals surface area contributed by atoms with E-state index in [9.17, 15) is 4.79 Å². The van der Waals surface area contributed by atoms with Crippen molar-refractivity contribution in [3.8, 4) is 0 Å². The molecular weight excluding hydrogens is 248 g/mol. The monoisotopic (exact) mass is 280 g/mol. The van der Waals surface area contributed by atoms with E-state index in [0.717, 1.165) is 31.3 Å². The van der Waals surface area contributed by atoms with Crippen LogP contribution >= 0.6 is 0 Å². The minimum absolute atomic E-state index is 0.0712. The van der Waals surface area contributed by atoms with Crippen LogP contribution in [0.5, 0.6) is 0 Å². The molecule has 0 bridgehead atoms. The van der Waals surface area contributed by atoms with Gasteiger partial charge in [-0.2, -0.15) is 0 Å². The lowest BCUT2D eigenvalue weighted by Gasteiger charge is -2.38. The molecular formula is C18H32O2. The highest BCUT2D eigenvalue weighted by Crippen LogP contribution is 2.43. The van der Waals surface area contributed by atoms with Crippen LogP contribution in [0.25, 0.3) is 0 Å². The molecule has 1 unspecified atom stereocenters. The van der Waals surface area contributed by atoms with Gasteiger partial charge in [-0.3, -0.25) is 4.79 Å². The predicted octanol–water partition coefficient (Wildman–Crippen LogP) is 5.27. The molecule has 0 heterocycles. The summed E-state index contributed by atoms with van der Waals surface area (Å²) in [4.78, 5) is 12.8. The van der Waals surface area contributed by atoms with Crippen LogP contribution < -0.4 is 0 Å². The molecule has 2 heteroatoms. The first-order valence-electron chi connectivity index (χ1n) is 7.94. The summed E-state index contributed by atoms with van der Waals surface area (Å²) >= 11 is 0. The van der Waals surface area contributed by atoms with Crippen molar-refractivity contribution in [3.63, 3.8) is 0 Å². The Labute approximate surface area is 125 Å². The fourth-order valence-corrected chi connectivity index (χ4v) is 3.31. The molecule has 0 aromatic rings. The number of carbonyl (C=O) groups is 1. The van der Waals surface area contributed by atoms with Crippen molar-refractivity contribution in [1.29, 1.82) is 0 Å². The van der Waals surface area contributed by atoms with Gasteiger partial charge in [-0.15, -0.1) is 0 Å². The molecule has 1 aliphatic rings. The lowest BCUT2D eigenvalue weighted by molar-refractivity contribution is -0.170. The Balaban J connectivity index is 2.92. The summed E-state index contributed by atoms with van der Waals surface area (Å²) in [7, 11) is 0. The Hall–Kier alpha value is -0.790. The van der Waals surface area contributed by atoms with Crippen LogP contribution in [0.4, 0.5) is 0 Å². The molecule has 0 aromatic heterocycles. The van der Waals surface area contributed by atoms with E-state index >= 15 is 0 Å². The SMILES string of the molecule is C=C(C)C(C)(CC(C)(C)C)C(=O)OC1(CC)CCCC1. The second-order valence-corrected chi connectivity index (χ2v) is 7.98. The van der Waals surface area contributed by atoms with Crippen LogP contribution in [0, 0.1) is 10.8 Å². The van der Waals surface area contributed by atoms with Gasteiger partial charge in [0, 0.05) is 0 Å². The van der Waals surface area contributed by atoms with Crippen LogP contribution in [0.1, 0.15) is 80.1 Å². The third-order valence-electron chi connectivity index (χ3n) is 4.74. The van der Waals surface area contributed by atoms with Gasteiger partial charge in [-0.05, 0) is 57.8 Å². The largest absolute Gasteiger partial charge is 0.458 e. The zero-order valence-corrected chi connectivity index (χ0v) is 14.3. The fraction of sp³-hybridized carbons (Fsp3) is 0.833. The highest BCUT2D eigenvalue weighted by molar-refractivity contribution is 5.80. The van der Waals surface area contributed by atoms with Crippen LogP contribution in [0.2, 0.25) is 0 Å². The van der Waals surface area contributed by atoms with Gasteiger partial charge in [0.1, 0.15) is 5.60 Å². The highest BCUT2D eigenvalue weighted by Gasteiger charge is 2.44. The fourth-order valence-electron chi connectivity index (χ4n) is 3.31. The van der Waals surface area contributed by atoms with Crippen molar-refractivity contribution < 1.29 is 9.53 Å². The van der Waals surface area contributed by atoms with E-state index < -0.39 is 5.41 Å². The molecule has 0 amide bonds. The Morgan fingerprint density at radius 2 is 1.70 bits per heavy atom. The predicted molar refractivity (Wildman–Crippen MR) is 84.6 cm³/mol. The summed E-state index contributed by atoms with van der Waals surface area (Å²) in [5.41, 5.74) is 0.179. The zero-order valence-electron chi connectivity index (χ0n) is 14.3. The number of carbonyl (C=O) groups excluding carboxylic acids is 1. The van der Waals surface area contributed by atoms with E-state index in [0.29, 0.717) is 0 Å². The molecule has 2 nitrogen and oxygen atoms in total. The Morgan fingerprint density at radius 3 is 2.05 bits per heavy atom. The van der Waals surface area contributed by atoms with Gasteiger partial charge < -0.3 is 4.74 Å². The maximum absolute atomic E-state index is 12.8. The molecule has 1 atom stereocenters. The van der Waals surface area contributed by atoms with Gasteiger partial charge >= 0.3 is 5.97 Å². The third kappa shape index (κ3) is 3.86. The lowest BCUT2D eigenvalue weighted by atomic mass is 9.71. The van der Waals surface area contributed by atoms with Gasteiger partial charge in [-0.25, -0.2) is 0 Å². The normalized spacial score (nSPS) is 21.3. The molecule has 1 aliphatic carbocycles. The molecule has 0 N–H and O–H groups in total. The van der Waals surface area contributed by atoms with Crippen molar-refractivity contribution in [1.82, 2.24) is 0 Å². The van der Waals surface area contributed by atoms with Crippen LogP contribution in [-0.2, 0) is 9.53 Å². The van der Waals surface area contributed by atoms with E-state index in [1.165, 1.54) is 12.8 Å². The van der Waals surface area contributed by atoms with Crippen molar-refractivity contribution in [2.24, 2.45) is 10.8 Å². The van der Waals surface area contributed by atoms with Crippen LogP contribution in [0.3, 0.4) is 0 Å². The topological polar surface area (TPSA) is 26.3 Å². The average Bonchev–Trinajstić information content (AvgIpc) is 2.75. The molecule has 0 radical (unpaired) electrons. The number of hydrogen-bond donors (Lipinski definition) is 0. The minimum atomic E-state index is -0.580. The molecule has 1 saturated carbocycles. The van der Waals surface area contributed by atoms with E-state index in [2.05, 4.69) is 34.3 Å². The van der Waals surface area contributed by atoms with Gasteiger partial charge in [0.25, 0.3) is 0 Å².